The number of amides is 1. The van der Waals surface area contributed by atoms with Crippen LogP contribution < -0.4 is 5.32 Å². The summed E-state index contributed by atoms with van der Waals surface area (Å²) in [6.07, 6.45) is 3.97. The topological polar surface area (TPSA) is 61.0 Å². The Kier molecular flexibility index (Phi) is 4.67. The van der Waals surface area contributed by atoms with E-state index in [1.165, 1.54) is 10.6 Å². The Morgan fingerprint density at radius 1 is 1.43 bits per heavy atom. The number of aromatic amines is 1. The van der Waals surface area contributed by atoms with Crippen molar-refractivity contribution in [3.05, 3.63) is 40.3 Å². The molecule has 2 N–H and O–H groups in total. The zero-order chi connectivity index (χ0) is 14.5. The number of rotatable bonds is 5. The highest BCUT2D eigenvalue weighted by Gasteiger charge is 2.22. The first-order valence-electron chi connectivity index (χ1n) is 7.32. The molecule has 1 aliphatic heterocycles. The van der Waals surface area contributed by atoms with Crippen molar-refractivity contribution in [3.63, 3.8) is 0 Å². The monoisotopic (exact) mass is 304 g/mol. The smallest absolute Gasteiger partial charge is 0.234 e. The molecule has 0 unspecified atom stereocenters. The van der Waals surface area contributed by atoms with Crippen molar-refractivity contribution < 1.29 is 4.79 Å². The Morgan fingerprint density at radius 2 is 2.29 bits per heavy atom. The molecule has 0 atom stereocenters. The lowest BCUT2D eigenvalue weighted by atomic mass is 9.94. The fraction of sp³-hybridized carbons (Fsp3) is 0.467. The molecule has 0 spiro atoms. The first-order valence-corrected chi connectivity index (χ1v) is 8.20. The summed E-state index contributed by atoms with van der Waals surface area (Å²) in [5.41, 5.74) is 1.22. The molecule has 1 saturated heterocycles. The predicted octanol–water partition coefficient (Wildman–Crippen LogP) is 1.97. The van der Waals surface area contributed by atoms with Gasteiger partial charge in [0.15, 0.2) is 0 Å². The summed E-state index contributed by atoms with van der Waals surface area (Å²) < 4.78 is 0. The summed E-state index contributed by atoms with van der Waals surface area (Å²) in [4.78, 5) is 15.4. The molecule has 3 heterocycles. The van der Waals surface area contributed by atoms with Crippen LogP contribution in [0.5, 0.6) is 0 Å². The molecule has 112 valence electrons. The Hall–Kier alpha value is -1.66. The molecule has 0 saturated carbocycles. The van der Waals surface area contributed by atoms with Crippen LogP contribution in [0.2, 0.25) is 0 Å². The van der Waals surface area contributed by atoms with Crippen molar-refractivity contribution in [3.8, 4) is 0 Å². The third kappa shape index (κ3) is 3.92. The minimum Gasteiger partial charge on any atom is -0.350 e. The maximum atomic E-state index is 12.0. The zero-order valence-electron chi connectivity index (χ0n) is 11.9. The maximum absolute atomic E-state index is 12.0. The van der Waals surface area contributed by atoms with E-state index >= 15 is 0 Å². The standard InChI is InChI=1S/C15H20N4OS/c20-15(16-10-13-2-1-9-21-13)11-19-7-4-12(5-8-19)14-3-6-17-18-14/h1-3,6,9,12H,4-5,7-8,10-11H2,(H,16,20)(H,17,18). The van der Waals surface area contributed by atoms with Gasteiger partial charge in [0, 0.05) is 22.7 Å². The van der Waals surface area contributed by atoms with Crippen molar-refractivity contribution >= 4 is 17.2 Å². The van der Waals surface area contributed by atoms with Crippen LogP contribution in [-0.2, 0) is 11.3 Å². The molecule has 2 aromatic rings. The lowest BCUT2D eigenvalue weighted by Crippen LogP contribution is -2.41. The number of H-pyrrole nitrogens is 1. The molecular weight excluding hydrogens is 284 g/mol. The van der Waals surface area contributed by atoms with E-state index in [-0.39, 0.29) is 5.91 Å². The highest BCUT2D eigenvalue weighted by molar-refractivity contribution is 7.09. The van der Waals surface area contributed by atoms with E-state index in [1.54, 1.807) is 17.5 Å². The molecule has 1 aliphatic rings. The summed E-state index contributed by atoms with van der Waals surface area (Å²) in [7, 11) is 0. The highest BCUT2D eigenvalue weighted by Crippen LogP contribution is 2.25. The minimum atomic E-state index is 0.114. The lowest BCUT2D eigenvalue weighted by Gasteiger charge is -2.30. The summed E-state index contributed by atoms with van der Waals surface area (Å²) >= 11 is 1.67. The maximum Gasteiger partial charge on any atom is 0.234 e. The normalized spacial score (nSPS) is 17.0. The van der Waals surface area contributed by atoms with E-state index in [9.17, 15) is 4.79 Å². The third-order valence-electron chi connectivity index (χ3n) is 3.96. The molecule has 1 fully saturated rings. The average molecular weight is 304 g/mol. The summed E-state index contributed by atoms with van der Waals surface area (Å²) in [6.45, 7) is 3.08. The van der Waals surface area contributed by atoms with Crippen LogP contribution >= 0.6 is 11.3 Å². The fourth-order valence-electron chi connectivity index (χ4n) is 2.75. The van der Waals surface area contributed by atoms with Crippen LogP contribution in [0.25, 0.3) is 0 Å². The Labute approximate surface area is 128 Å². The predicted molar refractivity (Wildman–Crippen MR) is 83.2 cm³/mol. The second kappa shape index (κ2) is 6.87. The van der Waals surface area contributed by atoms with E-state index < -0.39 is 0 Å². The first-order chi connectivity index (χ1) is 10.3. The van der Waals surface area contributed by atoms with Crippen molar-refractivity contribution in [2.24, 2.45) is 0 Å². The molecule has 0 aliphatic carbocycles. The summed E-state index contributed by atoms with van der Waals surface area (Å²) in [5.74, 6) is 0.668. The van der Waals surface area contributed by atoms with E-state index in [0.717, 1.165) is 25.9 Å². The molecule has 0 radical (unpaired) electrons. The van der Waals surface area contributed by atoms with E-state index in [1.807, 2.05) is 23.6 Å². The molecular formula is C15H20N4OS. The second-order valence-corrected chi connectivity index (χ2v) is 6.45. The van der Waals surface area contributed by atoms with Gasteiger partial charge < -0.3 is 5.32 Å². The van der Waals surface area contributed by atoms with Crippen molar-refractivity contribution in [1.29, 1.82) is 0 Å². The number of nitrogens with zero attached hydrogens (tertiary/aromatic N) is 2. The van der Waals surface area contributed by atoms with Gasteiger partial charge in [-0.1, -0.05) is 6.07 Å². The van der Waals surface area contributed by atoms with Crippen LogP contribution in [0.3, 0.4) is 0 Å². The van der Waals surface area contributed by atoms with Crippen LogP contribution in [-0.4, -0.2) is 40.6 Å². The van der Waals surface area contributed by atoms with Gasteiger partial charge in [0.2, 0.25) is 5.91 Å². The number of aromatic nitrogens is 2. The van der Waals surface area contributed by atoms with Crippen molar-refractivity contribution in [2.75, 3.05) is 19.6 Å². The Bertz CT molecular complexity index is 544. The van der Waals surface area contributed by atoms with Gasteiger partial charge in [-0.15, -0.1) is 11.3 Å². The molecule has 0 aromatic carbocycles. The van der Waals surface area contributed by atoms with Gasteiger partial charge in [0.25, 0.3) is 0 Å². The number of carbonyl (C=O) groups excluding carboxylic acids is 1. The number of piperidine rings is 1. The molecule has 2 aromatic heterocycles. The quantitative estimate of drug-likeness (QED) is 0.888. The van der Waals surface area contributed by atoms with Gasteiger partial charge in [0.1, 0.15) is 0 Å². The van der Waals surface area contributed by atoms with Gasteiger partial charge in [-0.05, 0) is 43.4 Å². The Morgan fingerprint density at radius 3 is 2.95 bits per heavy atom. The third-order valence-corrected chi connectivity index (χ3v) is 4.83. The van der Waals surface area contributed by atoms with Gasteiger partial charge in [0.05, 0.1) is 13.1 Å². The number of nitrogens with one attached hydrogen (secondary N) is 2. The van der Waals surface area contributed by atoms with Gasteiger partial charge in [-0.25, -0.2) is 0 Å². The first kappa shape index (κ1) is 14.3. The molecule has 21 heavy (non-hydrogen) atoms. The average Bonchev–Trinajstić information content (AvgIpc) is 3.19. The van der Waals surface area contributed by atoms with Crippen LogP contribution in [0.4, 0.5) is 0 Å². The molecule has 1 amide bonds. The largest absolute Gasteiger partial charge is 0.350 e. The van der Waals surface area contributed by atoms with Crippen LogP contribution in [0.1, 0.15) is 29.3 Å². The number of carbonyl (C=O) groups is 1. The van der Waals surface area contributed by atoms with E-state index in [0.29, 0.717) is 19.0 Å². The Balaban J connectivity index is 1.39. The van der Waals surface area contributed by atoms with Crippen molar-refractivity contribution in [1.82, 2.24) is 20.4 Å². The molecule has 0 bridgehead atoms. The second-order valence-electron chi connectivity index (χ2n) is 5.42. The highest BCUT2D eigenvalue weighted by atomic mass is 32.1. The van der Waals surface area contributed by atoms with Gasteiger partial charge in [-0.2, -0.15) is 5.10 Å². The SMILES string of the molecule is O=C(CN1CCC(c2ccn[nH]2)CC1)NCc1cccs1. The molecule has 5 nitrogen and oxygen atoms in total. The molecule has 3 rings (SSSR count). The zero-order valence-corrected chi connectivity index (χ0v) is 12.7. The van der Waals surface area contributed by atoms with Crippen LogP contribution in [0, 0.1) is 0 Å². The van der Waals surface area contributed by atoms with E-state index in [2.05, 4.69) is 20.4 Å². The number of thiophene rings is 1. The summed E-state index contributed by atoms with van der Waals surface area (Å²) in [5, 5.41) is 12.1. The number of hydrogen-bond acceptors (Lipinski definition) is 4. The van der Waals surface area contributed by atoms with Crippen molar-refractivity contribution in [2.45, 2.75) is 25.3 Å². The van der Waals surface area contributed by atoms with Gasteiger partial charge in [-0.3, -0.25) is 14.8 Å². The minimum absolute atomic E-state index is 0.114. The number of hydrogen-bond donors (Lipinski definition) is 2. The lowest BCUT2D eigenvalue weighted by molar-refractivity contribution is -0.122. The van der Waals surface area contributed by atoms with Crippen LogP contribution in [0.15, 0.2) is 29.8 Å². The molecule has 6 heteroatoms. The fourth-order valence-corrected chi connectivity index (χ4v) is 3.40. The van der Waals surface area contributed by atoms with E-state index in [4.69, 9.17) is 0 Å². The summed E-state index contributed by atoms with van der Waals surface area (Å²) in [6, 6.07) is 6.10. The number of likely N-dealkylation sites (tertiary alicyclic amines) is 1. The van der Waals surface area contributed by atoms with Gasteiger partial charge >= 0.3 is 0 Å².